The molecule has 2 heterocycles. The molecule has 1 saturated heterocycles. The van der Waals surface area contributed by atoms with Gasteiger partial charge in [-0.3, -0.25) is 5.10 Å². The maximum absolute atomic E-state index is 4.07. The van der Waals surface area contributed by atoms with Crippen LogP contribution < -0.4 is 5.32 Å². The van der Waals surface area contributed by atoms with Gasteiger partial charge in [0.1, 0.15) is 0 Å². The van der Waals surface area contributed by atoms with E-state index in [0.717, 1.165) is 0 Å². The highest BCUT2D eigenvalue weighted by Gasteiger charge is 2.19. The van der Waals surface area contributed by atoms with Crippen LogP contribution in [0.15, 0.2) is 6.20 Å². The van der Waals surface area contributed by atoms with Gasteiger partial charge in [0.25, 0.3) is 0 Å². The average molecular weight is 222 g/mol. The molecule has 16 heavy (non-hydrogen) atoms. The second-order valence-corrected chi connectivity index (χ2v) is 4.92. The van der Waals surface area contributed by atoms with Crippen molar-refractivity contribution in [2.45, 2.75) is 38.8 Å². The van der Waals surface area contributed by atoms with Crippen molar-refractivity contribution in [2.75, 3.05) is 20.1 Å². The summed E-state index contributed by atoms with van der Waals surface area (Å²) in [6.07, 6.45) is 4.43. The van der Waals surface area contributed by atoms with Crippen LogP contribution in [0.4, 0.5) is 0 Å². The lowest BCUT2D eigenvalue weighted by Crippen LogP contribution is -2.41. The van der Waals surface area contributed by atoms with Crippen LogP contribution in [0.2, 0.25) is 0 Å². The van der Waals surface area contributed by atoms with E-state index in [4.69, 9.17) is 0 Å². The number of piperidine rings is 1. The van der Waals surface area contributed by atoms with Gasteiger partial charge in [-0.1, -0.05) is 0 Å². The minimum atomic E-state index is 0.396. The summed E-state index contributed by atoms with van der Waals surface area (Å²) in [5, 5.41) is 10.8. The van der Waals surface area contributed by atoms with Crippen molar-refractivity contribution in [3.63, 3.8) is 0 Å². The SMILES string of the molecule is Cc1[nH]ncc1C(C)NC1CCN(C)CC1. The summed E-state index contributed by atoms with van der Waals surface area (Å²) in [5.74, 6) is 0. The topological polar surface area (TPSA) is 44.0 Å². The summed E-state index contributed by atoms with van der Waals surface area (Å²) >= 11 is 0. The van der Waals surface area contributed by atoms with Gasteiger partial charge in [-0.25, -0.2) is 0 Å². The molecule has 2 N–H and O–H groups in total. The maximum Gasteiger partial charge on any atom is 0.0537 e. The van der Waals surface area contributed by atoms with Crippen LogP contribution in [0, 0.1) is 6.92 Å². The number of H-pyrrole nitrogens is 1. The highest BCUT2D eigenvalue weighted by Crippen LogP contribution is 2.18. The zero-order valence-electron chi connectivity index (χ0n) is 10.5. The Morgan fingerprint density at radius 1 is 1.50 bits per heavy atom. The Morgan fingerprint density at radius 3 is 2.75 bits per heavy atom. The number of aromatic nitrogens is 2. The van der Waals surface area contributed by atoms with Crippen molar-refractivity contribution >= 4 is 0 Å². The van der Waals surface area contributed by atoms with Crippen molar-refractivity contribution in [3.8, 4) is 0 Å². The molecule has 90 valence electrons. The van der Waals surface area contributed by atoms with Crippen molar-refractivity contribution in [1.29, 1.82) is 0 Å². The number of nitrogens with zero attached hydrogens (tertiary/aromatic N) is 2. The highest BCUT2D eigenvalue weighted by molar-refractivity contribution is 5.18. The van der Waals surface area contributed by atoms with E-state index in [1.165, 1.54) is 37.2 Å². The largest absolute Gasteiger partial charge is 0.307 e. The fraction of sp³-hybridized carbons (Fsp3) is 0.750. The Balaban J connectivity index is 1.88. The number of likely N-dealkylation sites (tertiary alicyclic amines) is 1. The molecule has 0 aliphatic carbocycles. The number of aryl methyl sites for hydroxylation is 1. The van der Waals surface area contributed by atoms with Crippen molar-refractivity contribution < 1.29 is 0 Å². The Bertz CT molecular complexity index is 326. The average Bonchev–Trinajstić information content (AvgIpc) is 2.68. The zero-order chi connectivity index (χ0) is 11.5. The van der Waals surface area contributed by atoms with Crippen molar-refractivity contribution in [1.82, 2.24) is 20.4 Å². The highest BCUT2D eigenvalue weighted by atomic mass is 15.1. The zero-order valence-corrected chi connectivity index (χ0v) is 10.5. The molecule has 0 spiro atoms. The second-order valence-electron chi connectivity index (χ2n) is 4.92. The molecule has 1 fully saturated rings. The van der Waals surface area contributed by atoms with E-state index >= 15 is 0 Å². The quantitative estimate of drug-likeness (QED) is 0.814. The van der Waals surface area contributed by atoms with Gasteiger partial charge in [0.05, 0.1) is 6.20 Å². The van der Waals surface area contributed by atoms with E-state index in [1.807, 2.05) is 6.20 Å². The third-order valence-corrected chi connectivity index (χ3v) is 3.54. The maximum atomic E-state index is 4.07. The summed E-state index contributed by atoms with van der Waals surface area (Å²) in [6.45, 7) is 6.70. The minimum Gasteiger partial charge on any atom is -0.307 e. The number of hydrogen-bond donors (Lipinski definition) is 2. The molecule has 0 radical (unpaired) electrons. The van der Waals surface area contributed by atoms with E-state index < -0.39 is 0 Å². The monoisotopic (exact) mass is 222 g/mol. The molecule has 2 rings (SSSR count). The third kappa shape index (κ3) is 2.62. The van der Waals surface area contributed by atoms with Gasteiger partial charge >= 0.3 is 0 Å². The fourth-order valence-electron chi connectivity index (χ4n) is 2.42. The Hall–Kier alpha value is -0.870. The van der Waals surface area contributed by atoms with E-state index in [-0.39, 0.29) is 0 Å². The van der Waals surface area contributed by atoms with E-state index in [2.05, 4.69) is 41.3 Å². The van der Waals surface area contributed by atoms with Gasteiger partial charge in [-0.15, -0.1) is 0 Å². The minimum absolute atomic E-state index is 0.396. The molecule has 1 unspecified atom stereocenters. The van der Waals surface area contributed by atoms with E-state index in [1.54, 1.807) is 0 Å². The Kier molecular flexibility index (Phi) is 3.61. The molecule has 0 bridgehead atoms. The summed E-state index contributed by atoms with van der Waals surface area (Å²) in [4.78, 5) is 2.39. The molecule has 0 aromatic carbocycles. The predicted octanol–water partition coefficient (Wildman–Crippen LogP) is 1.46. The lowest BCUT2D eigenvalue weighted by Gasteiger charge is -2.31. The van der Waals surface area contributed by atoms with Crippen LogP contribution in [-0.4, -0.2) is 41.3 Å². The summed E-state index contributed by atoms with van der Waals surface area (Å²) in [5.41, 5.74) is 2.46. The molecule has 1 atom stereocenters. The number of hydrogen-bond acceptors (Lipinski definition) is 3. The van der Waals surface area contributed by atoms with E-state index in [9.17, 15) is 0 Å². The van der Waals surface area contributed by atoms with Crippen LogP contribution in [0.1, 0.15) is 37.1 Å². The smallest absolute Gasteiger partial charge is 0.0537 e. The Morgan fingerprint density at radius 2 is 2.19 bits per heavy atom. The van der Waals surface area contributed by atoms with Gasteiger partial charge in [-0.2, -0.15) is 5.10 Å². The lowest BCUT2D eigenvalue weighted by molar-refractivity contribution is 0.226. The summed E-state index contributed by atoms with van der Waals surface area (Å²) in [6, 6.07) is 1.05. The molecule has 1 aromatic rings. The number of aromatic amines is 1. The van der Waals surface area contributed by atoms with E-state index in [0.29, 0.717) is 12.1 Å². The first kappa shape index (κ1) is 11.6. The molecule has 1 aliphatic heterocycles. The Labute approximate surface area is 97.4 Å². The van der Waals surface area contributed by atoms with Gasteiger partial charge in [0.2, 0.25) is 0 Å². The van der Waals surface area contributed by atoms with Crippen LogP contribution in [0.25, 0.3) is 0 Å². The molecule has 0 saturated carbocycles. The van der Waals surface area contributed by atoms with Crippen LogP contribution in [0.3, 0.4) is 0 Å². The lowest BCUT2D eigenvalue weighted by atomic mass is 10.0. The molecule has 0 amide bonds. The van der Waals surface area contributed by atoms with Gasteiger partial charge in [0.15, 0.2) is 0 Å². The van der Waals surface area contributed by atoms with Crippen LogP contribution >= 0.6 is 0 Å². The molecular weight excluding hydrogens is 200 g/mol. The first-order valence-corrected chi connectivity index (χ1v) is 6.11. The van der Waals surface area contributed by atoms with Crippen LogP contribution in [0.5, 0.6) is 0 Å². The molecular formula is C12H22N4. The molecule has 1 aliphatic rings. The van der Waals surface area contributed by atoms with Gasteiger partial charge in [-0.05, 0) is 46.8 Å². The number of rotatable bonds is 3. The fourth-order valence-corrected chi connectivity index (χ4v) is 2.42. The first-order chi connectivity index (χ1) is 7.66. The summed E-state index contributed by atoms with van der Waals surface area (Å²) < 4.78 is 0. The van der Waals surface area contributed by atoms with Gasteiger partial charge < -0.3 is 10.2 Å². The second kappa shape index (κ2) is 4.97. The molecule has 4 heteroatoms. The van der Waals surface area contributed by atoms with Crippen molar-refractivity contribution in [2.24, 2.45) is 0 Å². The summed E-state index contributed by atoms with van der Waals surface area (Å²) in [7, 11) is 2.19. The third-order valence-electron chi connectivity index (χ3n) is 3.54. The van der Waals surface area contributed by atoms with Crippen LogP contribution in [-0.2, 0) is 0 Å². The van der Waals surface area contributed by atoms with Crippen molar-refractivity contribution in [3.05, 3.63) is 17.5 Å². The van der Waals surface area contributed by atoms with Gasteiger partial charge in [0, 0.05) is 23.3 Å². The first-order valence-electron chi connectivity index (χ1n) is 6.11. The predicted molar refractivity (Wildman–Crippen MR) is 65.4 cm³/mol. The molecule has 1 aromatic heterocycles. The normalized spacial score (nSPS) is 21.2. The standard InChI is InChI=1S/C12H22N4/c1-9(12-8-13-15-10(12)2)14-11-4-6-16(3)7-5-11/h8-9,11,14H,4-7H2,1-3H3,(H,13,15). The number of nitrogens with one attached hydrogen (secondary N) is 2. The molecule has 4 nitrogen and oxygen atoms in total.